The second-order valence-electron chi connectivity index (χ2n) is 7.34. The van der Waals surface area contributed by atoms with Crippen molar-refractivity contribution in [2.75, 3.05) is 6.79 Å². The molecule has 2 heterocycles. The van der Waals surface area contributed by atoms with Crippen LogP contribution in [-0.4, -0.2) is 17.6 Å². The van der Waals surface area contributed by atoms with Crippen LogP contribution in [0.25, 0.3) is 0 Å². The van der Waals surface area contributed by atoms with E-state index in [1.54, 1.807) is 30.3 Å². The van der Waals surface area contributed by atoms with Crippen molar-refractivity contribution in [2.24, 2.45) is 4.99 Å². The third-order valence-electron chi connectivity index (χ3n) is 5.36. The molecule has 0 bridgehead atoms. The molecule has 0 unspecified atom stereocenters. The van der Waals surface area contributed by atoms with Crippen LogP contribution in [0.4, 0.5) is 4.39 Å². The Kier molecular flexibility index (Phi) is 5.33. The molecule has 0 aliphatic carbocycles. The number of phenols is 1. The highest BCUT2D eigenvalue weighted by atomic mass is 79.9. The fourth-order valence-corrected chi connectivity index (χ4v) is 4.40. The van der Waals surface area contributed by atoms with Crippen molar-refractivity contribution in [3.05, 3.63) is 86.6 Å². The third kappa shape index (κ3) is 4.01. The molecule has 5 rings (SSSR count). The largest absolute Gasteiger partial charge is 0.508 e. The van der Waals surface area contributed by atoms with E-state index in [9.17, 15) is 9.50 Å². The summed E-state index contributed by atoms with van der Waals surface area (Å²) < 4.78 is 26.4. The lowest BCUT2D eigenvalue weighted by Crippen LogP contribution is -2.33. The summed E-state index contributed by atoms with van der Waals surface area (Å²) in [5, 5.41) is 14.3. The van der Waals surface area contributed by atoms with Gasteiger partial charge in [0.25, 0.3) is 0 Å². The van der Waals surface area contributed by atoms with Gasteiger partial charge < -0.3 is 14.6 Å². The van der Waals surface area contributed by atoms with Crippen LogP contribution in [0.5, 0.6) is 17.2 Å². The van der Waals surface area contributed by atoms with E-state index in [1.165, 1.54) is 6.07 Å². The molecule has 0 aromatic heterocycles. The quantitative estimate of drug-likeness (QED) is 0.467. The number of phenolic OH excluding ortho intramolecular Hbond substituents is 1. The Morgan fingerprint density at radius 1 is 1.03 bits per heavy atom. The number of halogens is 3. The number of aromatic hydroxyl groups is 1. The lowest BCUT2D eigenvalue weighted by atomic mass is 9.93. The highest BCUT2D eigenvalue weighted by molar-refractivity contribution is 9.10. The Hall–Kier alpha value is -2.61. The number of rotatable bonds is 3. The molecule has 0 spiro atoms. The minimum absolute atomic E-state index is 0.113. The average Bonchev–Trinajstić information content (AvgIpc) is 3.24. The van der Waals surface area contributed by atoms with Gasteiger partial charge >= 0.3 is 0 Å². The highest BCUT2D eigenvalue weighted by Crippen LogP contribution is 2.38. The summed E-state index contributed by atoms with van der Waals surface area (Å²) >= 11 is 9.59. The van der Waals surface area contributed by atoms with E-state index in [0.717, 1.165) is 15.7 Å². The zero-order chi connectivity index (χ0) is 21.5. The molecule has 2 N–H and O–H groups in total. The Bertz CT molecular complexity index is 1200. The standard InChI is InChI=1S/C23H17BrClFN2O3/c24-13-2-4-17(26)15(8-13)23-27-18(12-1-6-21-22(7-12)31-11-30-21)10-19(28-23)16-9-14(25)3-5-20(16)29/h1-9,19,23,28-29H,10-11H2/t19-,23-/m0/s1. The minimum Gasteiger partial charge on any atom is -0.508 e. The molecule has 158 valence electrons. The monoisotopic (exact) mass is 502 g/mol. The van der Waals surface area contributed by atoms with Crippen molar-refractivity contribution >= 4 is 33.2 Å². The van der Waals surface area contributed by atoms with Gasteiger partial charge in [-0.1, -0.05) is 27.5 Å². The van der Waals surface area contributed by atoms with Crippen molar-refractivity contribution in [3.8, 4) is 17.2 Å². The molecule has 0 saturated heterocycles. The molecule has 2 aliphatic heterocycles. The van der Waals surface area contributed by atoms with Gasteiger partial charge in [0.1, 0.15) is 17.7 Å². The van der Waals surface area contributed by atoms with Crippen LogP contribution in [0.2, 0.25) is 5.02 Å². The predicted octanol–water partition coefficient (Wildman–Crippen LogP) is 5.90. The maximum atomic E-state index is 14.7. The van der Waals surface area contributed by atoms with Crippen molar-refractivity contribution < 1.29 is 19.0 Å². The summed E-state index contributed by atoms with van der Waals surface area (Å²) in [5.74, 6) is 1.07. The summed E-state index contributed by atoms with van der Waals surface area (Å²) in [6, 6.07) is 14.9. The third-order valence-corrected chi connectivity index (χ3v) is 6.09. The van der Waals surface area contributed by atoms with Crippen LogP contribution in [0.3, 0.4) is 0 Å². The maximum absolute atomic E-state index is 14.7. The Morgan fingerprint density at radius 3 is 2.74 bits per heavy atom. The van der Waals surface area contributed by atoms with E-state index in [0.29, 0.717) is 34.1 Å². The zero-order valence-electron chi connectivity index (χ0n) is 16.1. The van der Waals surface area contributed by atoms with E-state index in [-0.39, 0.29) is 24.4 Å². The van der Waals surface area contributed by atoms with E-state index < -0.39 is 6.17 Å². The van der Waals surface area contributed by atoms with Crippen LogP contribution in [0.15, 0.2) is 64.1 Å². The summed E-state index contributed by atoms with van der Waals surface area (Å²) in [6.07, 6.45) is -0.185. The zero-order valence-corrected chi connectivity index (χ0v) is 18.5. The molecular weight excluding hydrogens is 487 g/mol. The van der Waals surface area contributed by atoms with Gasteiger partial charge in [0.2, 0.25) is 6.79 Å². The van der Waals surface area contributed by atoms with Gasteiger partial charge in [-0.05, 0) is 60.2 Å². The molecule has 0 radical (unpaired) electrons. The molecule has 31 heavy (non-hydrogen) atoms. The van der Waals surface area contributed by atoms with Gasteiger partial charge in [-0.2, -0.15) is 0 Å². The smallest absolute Gasteiger partial charge is 0.231 e. The number of nitrogens with zero attached hydrogens (tertiary/aromatic N) is 1. The average molecular weight is 504 g/mol. The van der Waals surface area contributed by atoms with Crippen LogP contribution >= 0.6 is 27.5 Å². The van der Waals surface area contributed by atoms with E-state index in [4.69, 9.17) is 26.1 Å². The summed E-state index contributed by atoms with van der Waals surface area (Å²) in [4.78, 5) is 4.81. The number of ether oxygens (including phenoxy) is 2. The number of hydrogen-bond acceptors (Lipinski definition) is 5. The number of fused-ring (bicyclic) bond motifs is 1. The molecule has 8 heteroatoms. The molecule has 0 amide bonds. The Balaban J connectivity index is 1.60. The molecule has 0 saturated carbocycles. The van der Waals surface area contributed by atoms with Crippen molar-refractivity contribution in [1.29, 1.82) is 0 Å². The maximum Gasteiger partial charge on any atom is 0.231 e. The SMILES string of the molecule is Oc1ccc(Cl)cc1[C@@H]1CC(c2ccc3c(c2)OCO3)=N[C@H](c2cc(Br)ccc2F)N1. The van der Waals surface area contributed by atoms with Gasteiger partial charge in [-0.15, -0.1) is 0 Å². The first-order valence-electron chi connectivity index (χ1n) is 9.64. The molecule has 2 atom stereocenters. The van der Waals surface area contributed by atoms with Crippen LogP contribution in [0.1, 0.15) is 35.3 Å². The van der Waals surface area contributed by atoms with E-state index in [1.807, 2.05) is 18.2 Å². The first-order chi connectivity index (χ1) is 15.0. The lowest BCUT2D eigenvalue weighted by Gasteiger charge is -2.31. The van der Waals surface area contributed by atoms with Gasteiger partial charge in [-0.3, -0.25) is 10.3 Å². The fraction of sp³-hybridized carbons (Fsp3) is 0.174. The van der Waals surface area contributed by atoms with Gasteiger partial charge in [0.15, 0.2) is 11.5 Å². The van der Waals surface area contributed by atoms with Crippen molar-refractivity contribution in [1.82, 2.24) is 5.32 Å². The molecule has 3 aromatic carbocycles. The minimum atomic E-state index is -0.657. The number of hydrogen-bond donors (Lipinski definition) is 2. The number of benzene rings is 3. The van der Waals surface area contributed by atoms with Gasteiger partial charge in [-0.25, -0.2) is 4.39 Å². The van der Waals surface area contributed by atoms with Crippen LogP contribution in [0, 0.1) is 5.82 Å². The first kappa shape index (κ1) is 20.3. The molecule has 0 fully saturated rings. The summed E-state index contributed by atoms with van der Waals surface area (Å²) in [7, 11) is 0. The fourth-order valence-electron chi connectivity index (χ4n) is 3.84. The normalized spacial score (nSPS) is 19.9. The van der Waals surface area contributed by atoms with E-state index >= 15 is 0 Å². The second kappa shape index (κ2) is 8.15. The van der Waals surface area contributed by atoms with E-state index in [2.05, 4.69) is 21.2 Å². The lowest BCUT2D eigenvalue weighted by molar-refractivity contribution is 0.174. The first-order valence-corrected chi connectivity index (χ1v) is 10.8. The van der Waals surface area contributed by atoms with Gasteiger partial charge in [0, 0.05) is 38.8 Å². The molecule has 3 aromatic rings. The second-order valence-corrected chi connectivity index (χ2v) is 8.69. The molecular formula is C23H17BrClFN2O3. The molecule has 2 aliphatic rings. The number of aliphatic imine (C=N–C) groups is 1. The summed E-state index contributed by atoms with van der Waals surface area (Å²) in [5.41, 5.74) is 2.63. The van der Waals surface area contributed by atoms with Crippen molar-refractivity contribution in [2.45, 2.75) is 18.6 Å². The van der Waals surface area contributed by atoms with Crippen LogP contribution in [-0.2, 0) is 0 Å². The summed E-state index contributed by atoms with van der Waals surface area (Å²) in [6.45, 7) is 0.178. The topological polar surface area (TPSA) is 63.1 Å². The Morgan fingerprint density at radius 2 is 1.87 bits per heavy atom. The predicted molar refractivity (Wildman–Crippen MR) is 120 cm³/mol. The Labute approximate surface area is 191 Å². The highest BCUT2D eigenvalue weighted by Gasteiger charge is 2.30. The van der Waals surface area contributed by atoms with Crippen molar-refractivity contribution in [3.63, 3.8) is 0 Å². The molecule has 5 nitrogen and oxygen atoms in total. The number of nitrogens with one attached hydrogen (secondary N) is 1. The van der Waals surface area contributed by atoms with Gasteiger partial charge in [0.05, 0.1) is 0 Å². The van der Waals surface area contributed by atoms with Crippen LogP contribution < -0.4 is 14.8 Å².